The van der Waals surface area contributed by atoms with Crippen LogP contribution in [0, 0.1) is 0 Å². The topological polar surface area (TPSA) is 93.2 Å². The number of carbonyl (C=O) groups excluding carboxylic acids is 2. The summed E-state index contributed by atoms with van der Waals surface area (Å²) in [7, 11) is 1.28. The van der Waals surface area contributed by atoms with Gasteiger partial charge in [-0.1, -0.05) is 60.7 Å². The molecule has 3 atom stereocenters. The van der Waals surface area contributed by atoms with Crippen molar-refractivity contribution in [2.24, 2.45) is 0 Å². The van der Waals surface area contributed by atoms with Crippen molar-refractivity contribution >= 4 is 23.3 Å². The van der Waals surface area contributed by atoms with Crippen LogP contribution in [0.25, 0.3) is 0 Å². The van der Waals surface area contributed by atoms with Gasteiger partial charge in [-0.2, -0.15) is 26.3 Å². The highest BCUT2D eigenvalue weighted by molar-refractivity contribution is 7.07. The minimum absolute atomic E-state index is 0.0231. The van der Waals surface area contributed by atoms with Crippen molar-refractivity contribution in [3.63, 3.8) is 0 Å². The van der Waals surface area contributed by atoms with E-state index in [1.807, 2.05) is 0 Å². The minimum atomic E-state index is -5.34. The summed E-state index contributed by atoms with van der Waals surface area (Å²) in [4.78, 5) is 29.9. The molecule has 1 aromatic heterocycles. The van der Waals surface area contributed by atoms with E-state index in [4.69, 9.17) is 14.2 Å². The second-order valence-corrected chi connectivity index (χ2v) is 8.98. The van der Waals surface area contributed by atoms with Crippen LogP contribution in [0.1, 0.15) is 11.1 Å². The smallest absolute Gasteiger partial charge is 0.432 e. The Labute approximate surface area is 233 Å². The molecule has 0 radical (unpaired) electrons. The molecule has 0 aliphatic carbocycles. The number of hydrogen-bond donors (Lipinski definition) is 0. The number of thiazole rings is 1. The van der Waals surface area contributed by atoms with Gasteiger partial charge in [0, 0.05) is 25.3 Å². The molecule has 8 nitrogen and oxygen atoms in total. The van der Waals surface area contributed by atoms with E-state index in [0.29, 0.717) is 14.2 Å². The average molecular weight is 608 g/mol. The molecule has 3 rings (SSSR count). The van der Waals surface area contributed by atoms with Crippen molar-refractivity contribution < 1.29 is 59.6 Å². The van der Waals surface area contributed by atoms with Gasteiger partial charge in [-0.25, -0.2) is 14.6 Å². The maximum absolute atomic E-state index is 14.3. The zero-order valence-electron chi connectivity index (χ0n) is 21.4. The maximum Gasteiger partial charge on any atom is 0.432 e. The van der Waals surface area contributed by atoms with Crippen molar-refractivity contribution in [3.05, 3.63) is 82.7 Å². The van der Waals surface area contributed by atoms with Crippen LogP contribution < -0.4 is 4.74 Å². The van der Waals surface area contributed by atoms with Crippen LogP contribution in [0.5, 0.6) is 5.88 Å². The molecule has 0 N–H and O–H groups in total. The van der Waals surface area contributed by atoms with Gasteiger partial charge in [0.15, 0.2) is 6.10 Å². The molecule has 0 saturated heterocycles. The van der Waals surface area contributed by atoms with E-state index in [1.165, 1.54) is 47.3 Å². The van der Waals surface area contributed by atoms with Crippen molar-refractivity contribution in [2.45, 2.75) is 29.7 Å². The molecule has 0 spiro atoms. The van der Waals surface area contributed by atoms with E-state index in [0.717, 1.165) is 35.6 Å². The van der Waals surface area contributed by atoms with E-state index >= 15 is 0 Å². The number of methoxy groups -OCH3 is 2. The van der Waals surface area contributed by atoms with Crippen LogP contribution in [0.15, 0.2) is 71.6 Å². The number of alkyl halides is 6. The van der Waals surface area contributed by atoms with E-state index in [2.05, 4.69) is 14.5 Å². The molecule has 41 heavy (non-hydrogen) atoms. The highest BCUT2D eigenvalue weighted by Crippen LogP contribution is 2.44. The zero-order chi connectivity index (χ0) is 30.3. The SMILES string of the molecule is CO[C@](C(=O)OC[C@@H](COc1cscn1)OC(=O)[C@@](OC)(c1ccccc1)C(F)(F)F)(c1ccccc1)C(F)(F)F. The Morgan fingerprint density at radius 2 is 1.27 bits per heavy atom. The van der Waals surface area contributed by atoms with Gasteiger partial charge < -0.3 is 23.7 Å². The zero-order valence-corrected chi connectivity index (χ0v) is 22.2. The second-order valence-electron chi connectivity index (χ2n) is 8.26. The van der Waals surface area contributed by atoms with Gasteiger partial charge in [0.25, 0.3) is 11.2 Å². The van der Waals surface area contributed by atoms with Crippen LogP contribution in [-0.4, -0.2) is 62.8 Å². The Bertz CT molecular complexity index is 1270. The third kappa shape index (κ3) is 6.47. The first kappa shape index (κ1) is 31.8. The van der Waals surface area contributed by atoms with Crippen LogP contribution in [0.3, 0.4) is 0 Å². The molecular formula is C26H23F6NO7S. The summed E-state index contributed by atoms with van der Waals surface area (Å²) in [6, 6.07) is 11.7. The molecular weight excluding hydrogens is 584 g/mol. The molecule has 2 aromatic carbocycles. The molecule has 0 unspecified atom stereocenters. The Morgan fingerprint density at radius 3 is 1.68 bits per heavy atom. The first-order chi connectivity index (χ1) is 19.3. The van der Waals surface area contributed by atoms with Gasteiger partial charge in [0.2, 0.25) is 5.88 Å². The molecule has 3 aromatic rings. The van der Waals surface area contributed by atoms with Crippen molar-refractivity contribution in [2.75, 3.05) is 27.4 Å². The maximum atomic E-state index is 14.3. The lowest BCUT2D eigenvalue weighted by Crippen LogP contribution is -2.54. The van der Waals surface area contributed by atoms with Crippen LogP contribution in [-0.2, 0) is 39.7 Å². The van der Waals surface area contributed by atoms with Gasteiger partial charge in [-0.3, -0.25) is 0 Å². The van der Waals surface area contributed by atoms with Gasteiger partial charge >= 0.3 is 24.3 Å². The third-order valence-corrected chi connectivity index (χ3v) is 6.41. The fourth-order valence-corrected chi connectivity index (χ4v) is 4.32. The van der Waals surface area contributed by atoms with Gasteiger partial charge in [-0.05, 0) is 0 Å². The summed E-state index contributed by atoms with van der Waals surface area (Å²) in [6.07, 6.45) is -12.5. The molecule has 0 saturated carbocycles. The minimum Gasteiger partial charge on any atom is -0.473 e. The lowest BCUT2D eigenvalue weighted by atomic mass is 9.92. The summed E-state index contributed by atoms with van der Waals surface area (Å²) in [6.45, 7) is -1.89. The lowest BCUT2D eigenvalue weighted by Gasteiger charge is -2.34. The number of hydrogen-bond acceptors (Lipinski definition) is 9. The van der Waals surface area contributed by atoms with E-state index in [-0.39, 0.29) is 5.88 Å². The normalized spacial score (nSPS) is 15.7. The van der Waals surface area contributed by atoms with Crippen molar-refractivity contribution in [3.8, 4) is 5.88 Å². The molecule has 222 valence electrons. The Hall–Kier alpha value is -3.69. The number of halogens is 6. The van der Waals surface area contributed by atoms with Crippen LogP contribution >= 0.6 is 11.3 Å². The first-order valence-corrected chi connectivity index (χ1v) is 12.5. The lowest BCUT2D eigenvalue weighted by molar-refractivity contribution is -0.282. The second kappa shape index (κ2) is 12.9. The van der Waals surface area contributed by atoms with Crippen molar-refractivity contribution in [1.82, 2.24) is 4.98 Å². The standard InChI is InChI=1S/C26H23F6NO7S/c1-36-23(25(27,28)29,17-9-5-3-6-10-17)21(34)39-14-19(13-38-20-15-41-16-33-20)40-22(35)24(37-2,26(30,31)32)18-11-7-4-8-12-18/h3-12,15-16,19H,13-14H2,1-2H3/t19-,23+,24+/m1/s1. The molecule has 0 amide bonds. The molecule has 0 fully saturated rings. The molecule has 1 heterocycles. The quantitative estimate of drug-likeness (QED) is 0.205. The largest absolute Gasteiger partial charge is 0.473 e. The van der Waals surface area contributed by atoms with Gasteiger partial charge in [0.05, 0.1) is 10.9 Å². The van der Waals surface area contributed by atoms with E-state index < -0.39 is 65.9 Å². The fourth-order valence-electron chi connectivity index (χ4n) is 3.85. The number of esters is 2. The summed E-state index contributed by atoms with van der Waals surface area (Å²) in [5.74, 6) is -3.95. The Kier molecular flexibility index (Phi) is 9.99. The van der Waals surface area contributed by atoms with E-state index in [9.17, 15) is 35.9 Å². The fraction of sp³-hybridized carbons (Fsp3) is 0.346. The number of rotatable bonds is 12. The monoisotopic (exact) mass is 607 g/mol. The number of benzene rings is 2. The average Bonchev–Trinajstić information content (AvgIpc) is 3.45. The number of ether oxygens (including phenoxy) is 5. The number of carbonyl (C=O) groups is 2. The van der Waals surface area contributed by atoms with Crippen LogP contribution in [0.4, 0.5) is 26.3 Å². The predicted molar refractivity (Wildman–Crippen MR) is 131 cm³/mol. The summed E-state index contributed by atoms with van der Waals surface area (Å²) >= 11 is 1.10. The van der Waals surface area contributed by atoms with E-state index in [1.54, 1.807) is 0 Å². The summed E-state index contributed by atoms with van der Waals surface area (Å²) in [5.41, 5.74) is -7.10. The first-order valence-electron chi connectivity index (χ1n) is 11.6. The number of nitrogens with zero attached hydrogens (tertiary/aromatic N) is 1. The summed E-state index contributed by atoms with van der Waals surface area (Å²) in [5, 5.41) is 1.40. The number of aromatic nitrogens is 1. The summed E-state index contributed by atoms with van der Waals surface area (Å²) < 4.78 is 110. The van der Waals surface area contributed by atoms with Gasteiger partial charge in [0.1, 0.15) is 13.2 Å². The van der Waals surface area contributed by atoms with Gasteiger partial charge in [-0.15, -0.1) is 11.3 Å². The molecule has 0 aliphatic rings. The highest BCUT2D eigenvalue weighted by atomic mass is 32.1. The molecule has 0 aliphatic heterocycles. The highest BCUT2D eigenvalue weighted by Gasteiger charge is 2.65. The Morgan fingerprint density at radius 1 is 0.780 bits per heavy atom. The predicted octanol–water partition coefficient (Wildman–Crippen LogP) is 5.19. The van der Waals surface area contributed by atoms with Crippen LogP contribution in [0.2, 0.25) is 0 Å². The molecule has 0 bridgehead atoms. The molecule has 15 heteroatoms. The Balaban J connectivity index is 1.93. The third-order valence-electron chi connectivity index (χ3n) is 5.85. The van der Waals surface area contributed by atoms with Crippen molar-refractivity contribution in [1.29, 1.82) is 0 Å².